The summed E-state index contributed by atoms with van der Waals surface area (Å²) in [6.07, 6.45) is 6.56. The van der Waals surface area contributed by atoms with Crippen molar-refractivity contribution in [3.05, 3.63) is 35.5 Å². The SMILES string of the molecule is CC[C@]12CCCc3c1n(c1ccccc31)C(=O)CC2. The molecule has 2 heteroatoms. The zero-order chi connectivity index (χ0) is 13.0. The minimum atomic E-state index is 0.264. The van der Waals surface area contributed by atoms with Gasteiger partial charge < -0.3 is 0 Å². The van der Waals surface area contributed by atoms with Crippen LogP contribution in [0.4, 0.5) is 0 Å². The fourth-order valence-electron chi connectivity index (χ4n) is 4.32. The molecule has 0 saturated heterocycles. The van der Waals surface area contributed by atoms with E-state index in [0.717, 1.165) is 24.8 Å². The number of benzene rings is 1. The number of nitrogens with zero attached hydrogens (tertiary/aromatic N) is 1. The van der Waals surface area contributed by atoms with Crippen molar-refractivity contribution in [3.8, 4) is 0 Å². The Kier molecular flexibility index (Phi) is 2.21. The monoisotopic (exact) mass is 253 g/mol. The van der Waals surface area contributed by atoms with Gasteiger partial charge in [-0.1, -0.05) is 25.1 Å². The lowest BCUT2D eigenvalue weighted by atomic mass is 9.67. The van der Waals surface area contributed by atoms with Crippen molar-refractivity contribution in [1.82, 2.24) is 4.57 Å². The van der Waals surface area contributed by atoms with Gasteiger partial charge in [-0.2, -0.15) is 0 Å². The van der Waals surface area contributed by atoms with Crippen molar-refractivity contribution in [3.63, 3.8) is 0 Å². The summed E-state index contributed by atoms with van der Waals surface area (Å²) in [7, 11) is 0. The molecule has 0 unspecified atom stereocenters. The fraction of sp³-hybridized carbons (Fsp3) is 0.471. The summed E-state index contributed by atoms with van der Waals surface area (Å²) in [5, 5.41) is 1.31. The number of aromatic nitrogens is 1. The van der Waals surface area contributed by atoms with Gasteiger partial charge in [-0.15, -0.1) is 0 Å². The second kappa shape index (κ2) is 3.72. The van der Waals surface area contributed by atoms with Crippen molar-refractivity contribution in [2.24, 2.45) is 0 Å². The zero-order valence-electron chi connectivity index (χ0n) is 11.4. The van der Waals surface area contributed by atoms with Gasteiger partial charge in [0, 0.05) is 22.9 Å². The predicted molar refractivity (Wildman–Crippen MR) is 76.7 cm³/mol. The Hall–Kier alpha value is -1.57. The van der Waals surface area contributed by atoms with Gasteiger partial charge in [0.1, 0.15) is 0 Å². The van der Waals surface area contributed by atoms with Gasteiger partial charge in [0.05, 0.1) is 5.52 Å². The molecule has 0 radical (unpaired) electrons. The molecule has 1 atom stereocenters. The highest BCUT2D eigenvalue weighted by Crippen LogP contribution is 2.49. The first-order chi connectivity index (χ1) is 9.27. The molecular formula is C17H19NO. The van der Waals surface area contributed by atoms with E-state index in [1.54, 1.807) is 0 Å². The lowest BCUT2D eigenvalue weighted by molar-refractivity contribution is 0.0844. The van der Waals surface area contributed by atoms with Crippen molar-refractivity contribution >= 4 is 16.8 Å². The maximum absolute atomic E-state index is 12.4. The summed E-state index contributed by atoms with van der Waals surface area (Å²) in [5.74, 6) is 0.295. The summed E-state index contributed by atoms with van der Waals surface area (Å²) in [5.41, 5.74) is 4.22. The van der Waals surface area contributed by atoms with E-state index in [1.165, 1.54) is 29.5 Å². The number of fused-ring (bicyclic) bond motifs is 3. The molecule has 98 valence electrons. The highest BCUT2D eigenvalue weighted by atomic mass is 16.2. The van der Waals surface area contributed by atoms with Gasteiger partial charge in [0.15, 0.2) is 0 Å². The third kappa shape index (κ3) is 1.29. The van der Waals surface area contributed by atoms with Crippen LogP contribution in [0.5, 0.6) is 0 Å². The summed E-state index contributed by atoms with van der Waals surface area (Å²) >= 11 is 0. The number of rotatable bonds is 1. The Bertz CT molecular complexity index is 682. The van der Waals surface area contributed by atoms with Crippen LogP contribution < -0.4 is 0 Å². The quantitative estimate of drug-likeness (QED) is 0.751. The maximum Gasteiger partial charge on any atom is 0.231 e. The van der Waals surface area contributed by atoms with Gasteiger partial charge in [0.25, 0.3) is 0 Å². The maximum atomic E-state index is 12.4. The molecule has 0 fully saturated rings. The Morgan fingerprint density at radius 1 is 1.21 bits per heavy atom. The van der Waals surface area contributed by atoms with Crippen LogP contribution in [0.15, 0.2) is 24.3 Å². The van der Waals surface area contributed by atoms with E-state index in [1.807, 2.05) is 6.07 Å². The Morgan fingerprint density at radius 2 is 2.05 bits per heavy atom. The molecular weight excluding hydrogens is 234 g/mol. The van der Waals surface area contributed by atoms with Crippen LogP contribution in [0, 0.1) is 0 Å². The van der Waals surface area contributed by atoms with Crippen molar-refractivity contribution in [2.75, 3.05) is 0 Å². The molecule has 2 nitrogen and oxygen atoms in total. The van der Waals surface area contributed by atoms with Crippen molar-refractivity contribution in [2.45, 2.75) is 50.9 Å². The van der Waals surface area contributed by atoms with Crippen LogP contribution in [0.25, 0.3) is 10.9 Å². The van der Waals surface area contributed by atoms with E-state index in [4.69, 9.17) is 0 Å². The Labute approximate surface area is 113 Å². The van der Waals surface area contributed by atoms with Crippen LogP contribution in [-0.2, 0) is 11.8 Å². The number of hydrogen-bond donors (Lipinski definition) is 0. The van der Waals surface area contributed by atoms with Crippen molar-refractivity contribution in [1.29, 1.82) is 0 Å². The second-order valence-corrected chi connectivity index (χ2v) is 6.06. The van der Waals surface area contributed by atoms with Gasteiger partial charge >= 0.3 is 0 Å². The first kappa shape index (κ1) is 11.3. The van der Waals surface area contributed by atoms with Crippen LogP contribution in [-0.4, -0.2) is 10.5 Å². The standard InChI is InChI=1S/C17H19NO/c1-2-17-10-5-7-13-12-6-3-4-8-14(12)18(16(13)17)15(19)9-11-17/h3-4,6,8H,2,5,7,9-11H2,1H3/t17-/m1/s1. The Balaban J connectivity index is 2.16. The molecule has 4 rings (SSSR count). The van der Waals surface area contributed by atoms with Crippen LogP contribution in [0.3, 0.4) is 0 Å². The molecule has 0 amide bonds. The first-order valence-corrected chi connectivity index (χ1v) is 7.43. The molecule has 1 aliphatic heterocycles. The number of aryl methyl sites for hydroxylation is 1. The lowest BCUT2D eigenvalue weighted by Crippen LogP contribution is -2.39. The second-order valence-electron chi connectivity index (χ2n) is 6.06. The third-order valence-electron chi connectivity index (χ3n) is 5.31. The molecule has 1 aliphatic carbocycles. The highest BCUT2D eigenvalue weighted by molar-refractivity contribution is 5.97. The average molecular weight is 253 g/mol. The minimum absolute atomic E-state index is 0.264. The molecule has 1 aromatic carbocycles. The van der Waals surface area contributed by atoms with Crippen LogP contribution in [0.1, 0.15) is 55.1 Å². The van der Waals surface area contributed by atoms with E-state index >= 15 is 0 Å². The van der Waals surface area contributed by atoms with Gasteiger partial charge in [-0.05, 0) is 43.7 Å². The molecule has 1 aromatic heterocycles. The normalized spacial score (nSPS) is 25.6. The molecule has 0 N–H and O–H groups in total. The van der Waals surface area contributed by atoms with Gasteiger partial charge in [-0.25, -0.2) is 0 Å². The molecule has 19 heavy (non-hydrogen) atoms. The van der Waals surface area contributed by atoms with E-state index in [0.29, 0.717) is 12.3 Å². The predicted octanol–water partition coefficient (Wildman–Crippen LogP) is 4.06. The smallest absolute Gasteiger partial charge is 0.231 e. The largest absolute Gasteiger partial charge is 0.283 e. The van der Waals surface area contributed by atoms with Gasteiger partial charge in [-0.3, -0.25) is 9.36 Å². The lowest BCUT2D eigenvalue weighted by Gasteiger charge is -2.41. The van der Waals surface area contributed by atoms with Gasteiger partial charge in [0.2, 0.25) is 5.91 Å². The third-order valence-corrected chi connectivity index (χ3v) is 5.31. The highest BCUT2D eigenvalue weighted by Gasteiger charge is 2.43. The first-order valence-electron chi connectivity index (χ1n) is 7.43. The average Bonchev–Trinajstić information content (AvgIpc) is 2.80. The summed E-state index contributed by atoms with van der Waals surface area (Å²) in [6.45, 7) is 2.28. The molecule has 2 aromatic rings. The molecule has 0 spiro atoms. The van der Waals surface area contributed by atoms with E-state index in [9.17, 15) is 4.79 Å². The molecule has 0 bridgehead atoms. The number of carbonyl (C=O) groups is 1. The summed E-state index contributed by atoms with van der Waals surface area (Å²) in [6, 6.07) is 8.44. The minimum Gasteiger partial charge on any atom is -0.283 e. The van der Waals surface area contributed by atoms with Crippen LogP contribution in [0.2, 0.25) is 0 Å². The molecule has 0 saturated carbocycles. The Morgan fingerprint density at radius 3 is 2.89 bits per heavy atom. The van der Waals surface area contributed by atoms with E-state index in [2.05, 4.69) is 29.7 Å². The fourth-order valence-corrected chi connectivity index (χ4v) is 4.32. The van der Waals surface area contributed by atoms with E-state index in [-0.39, 0.29) is 5.41 Å². The topological polar surface area (TPSA) is 22.0 Å². The summed E-state index contributed by atoms with van der Waals surface area (Å²) < 4.78 is 2.05. The van der Waals surface area contributed by atoms with E-state index < -0.39 is 0 Å². The number of carbonyl (C=O) groups excluding carboxylic acids is 1. The van der Waals surface area contributed by atoms with Crippen molar-refractivity contribution < 1.29 is 4.79 Å². The number of para-hydroxylation sites is 1. The van der Waals surface area contributed by atoms with Crippen LogP contribution >= 0.6 is 0 Å². The summed E-state index contributed by atoms with van der Waals surface area (Å²) in [4.78, 5) is 12.4. The molecule has 2 heterocycles. The zero-order valence-corrected chi connectivity index (χ0v) is 11.4. The number of hydrogen-bond acceptors (Lipinski definition) is 1. The molecule has 2 aliphatic rings.